The molecule has 0 aliphatic carbocycles. The maximum Gasteiger partial charge on any atom is 0.148 e. The molecular weight excluding hydrogens is 217 g/mol. The van der Waals surface area contributed by atoms with E-state index in [1.807, 2.05) is 6.07 Å². The lowest BCUT2D eigenvalue weighted by Gasteiger charge is -2.09. The van der Waals surface area contributed by atoms with E-state index in [1.165, 1.54) is 12.1 Å². The molecule has 1 aromatic heterocycles. The predicted octanol–water partition coefficient (Wildman–Crippen LogP) is 3.14. The monoisotopic (exact) mass is 227 g/mol. The van der Waals surface area contributed by atoms with E-state index in [4.69, 9.17) is 5.26 Å². The molecule has 0 saturated heterocycles. The zero-order valence-electron chi connectivity index (χ0n) is 9.24. The van der Waals surface area contributed by atoms with E-state index in [1.54, 1.807) is 31.3 Å². The van der Waals surface area contributed by atoms with Gasteiger partial charge in [-0.2, -0.15) is 5.26 Å². The van der Waals surface area contributed by atoms with E-state index in [0.717, 1.165) is 11.3 Å². The molecule has 2 aromatic rings. The Hall–Kier alpha value is -2.41. The van der Waals surface area contributed by atoms with E-state index >= 15 is 0 Å². The number of hydrogen-bond donors (Lipinski definition) is 1. The van der Waals surface area contributed by atoms with Gasteiger partial charge in [0.25, 0.3) is 0 Å². The quantitative estimate of drug-likeness (QED) is 0.857. The molecule has 0 saturated carbocycles. The number of aryl methyl sites for hydroxylation is 1. The Morgan fingerprint density at radius 1 is 1.35 bits per heavy atom. The van der Waals surface area contributed by atoms with Crippen LogP contribution in [0.15, 0.2) is 36.5 Å². The zero-order chi connectivity index (χ0) is 12.3. The number of nitriles is 1. The van der Waals surface area contributed by atoms with Crippen LogP contribution < -0.4 is 5.32 Å². The van der Waals surface area contributed by atoms with Crippen LogP contribution in [0.2, 0.25) is 0 Å². The Morgan fingerprint density at radius 3 is 2.88 bits per heavy atom. The zero-order valence-corrected chi connectivity index (χ0v) is 9.24. The lowest BCUT2D eigenvalue weighted by atomic mass is 10.2. The number of halogens is 1. The number of hydrogen-bond acceptors (Lipinski definition) is 3. The van der Waals surface area contributed by atoms with Crippen LogP contribution in [-0.4, -0.2) is 4.98 Å². The van der Waals surface area contributed by atoms with Crippen molar-refractivity contribution in [1.82, 2.24) is 4.98 Å². The van der Waals surface area contributed by atoms with Crippen molar-refractivity contribution in [2.75, 3.05) is 5.32 Å². The summed E-state index contributed by atoms with van der Waals surface area (Å²) in [7, 11) is 0. The third kappa shape index (κ3) is 2.40. The highest BCUT2D eigenvalue weighted by atomic mass is 19.1. The summed E-state index contributed by atoms with van der Waals surface area (Å²) in [5.74, 6) is 0.194. The molecular formula is C13H10FN3. The highest BCUT2D eigenvalue weighted by molar-refractivity contribution is 5.64. The van der Waals surface area contributed by atoms with Crippen LogP contribution in [0.25, 0.3) is 0 Å². The highest BCUT2D eigenvalue weighted by Crippen LogP contribution is 2.21. The maximum atomic E-state index is 12.9. The fraction of sp³-hybridized carbons (Fsp3) is 0.0769. The van der Waals surface area contributed by atoms with Crippen LogP contribution >= 0.6 is 0 Å². The van der Waals surface area contributed by atoms with E-state index in [0.29, 0.717) is 11.4 Å². The van der Waals surface area contributed by atoms with E-state index in [9.17, 15) is 4.39 Å². The van der Waals surface area contributed by atoms with Crippen molar-refractivity contribution < 1.29 is 4.39 Å². The van der Waals surface area contributed by atoms with Gasteiger partial charge in [-0.1, -0.05) is 0 Å². The van der Waals surface area contributed by atoms with Crippen LogP contribution in [0.3, 0.4) is 0 Å². The summed E-state index contributed by atoms with van der Waals surface area (Å²) in [6.45, 7) is 1.79. The minimum absolute atomic E-state index is 0.283. The lowest BCUT2D eigenvalue weighted by molar-refractivity contribution is 0.627. The Kier molecular flexibility index (Phi) is 3.01. The average molecular weight is 227 g/mol. The number of benzene rings is 1. The van der Waals surface area contributed by atoms with Gasteiger partial charge in [0.15, 0.2) is 0 Å². The molecule has 0 aliphatic rings. The summed E-state index contributed by atoms with van der Waals surface area (Å²) in [6, 6.07) is 9.84. The van der Waals surface area contributed by atoms with Crippen LogP contribution in [0.5, 0.6) is 0 Å². The van der Waals surface area contributed by atoms with Crippen molar-refractivity contribution in [2.24, 2.45) is 0 Å². The third-order valence-electron chi connectivity index (χ3n) is 2.37. The summed E-state index contributed by atoms with van der Waals surface area (Å²) in [5, 5.41) is 11.9. The fourth-order valence-corrected chi connectivity index (χ4v) is 1.49. The van der Waals surface area contributed by atoms with E-state index < -0.39 is 0 Å². The van der Waals surface area contributed by atoms with Gasteiger partial charge in [0.1, 0.15) is 17.7 Å². The largest absolute Gasteiger partial charge is 0.339 e. The third-order valence-corrected chi connectivity index (χ3v) is 2.37. The molecule has 4 heteroatoms. The lowest BCUT2D eigenvalue weighted by Crippen LogP contribution is -1.98. The molecule has 3 nitrogen and oxygen atoms in total. The maximum absolute atomic E-state index is 12.9. The minimum Gasteiger partial charge on any atom is -0.339 e. The van der Waals surface area contributed by atoms with Crippen LogP contribution in [0.4, 0.5) is 15.9 Å². The van der Waals surface area contributed by atoms with Gasteiger partial charge < -0.3 is 5.32 Å². The molecule has 2 rings (SSSR count). The number of aromatic nitrogens is 1. The molecule has 17 heavy (non-hydrogen) atoms. The van der Waals surface area contributed by atoms with Gasteiger partial charge in [0.2, 0.25) is 0 Å². The molecule has 0 amide bonds. The van der Waals surface area contributed by atoms with Gasteiger partial charge in [-0.05, 0) is 42.8 Å². The van der Waals surface area contributed by atoms with Gasteiger partial charge >= 0.3 is 0 Å². The molecule has 0 atom stereocenters. The van der Waals surface area contributed by atoms with Crippen LogP contribution in [-0.2, 0) is 0 Å². The summed E-state index contributed by atoms with van der Waals surface area (Å²) < 4.78 is 12.9. The number of anilines is 2. The molecule has 0 unspecified atom stereocenters. The summed E-state index contributed by atoms with van der Waals surface area (Å²) in [6.07, 6.45) is 1.60. The van der Waals surface area contributed by atoms with E-state index in [-0.39, 0.29) is 5.82 Å². The van der Waals surface area contributed by atoms with Gasteiger partial charge in [0.05, 0.1) is 5.56 Å². The van der Waals surface area contributed by atoms with Gasteiger partial charge in [-0.3, -0.25) is 0 Å². The van der Waals surface area contributed by atoms with Crippen molar-refractivity contribution in [2.45, 2.75) is 6.92 Å². The Labute approximate surface area is 98.5 Å². The SMILES string of the molecule is Cc1cc(F)ccc1Nc1ncccc1C#N. The smallest absolute Gasteiger partial charge is 0.148 e. The minimum atomic E-state index is -0.283. The molecule has 0 fully saturated rings. The molecule has 0 spiro atoms. The van der Waals surface area contributed by atoms with Crippen molar-refractivity contribution >= 4 is 11.5 Å². The summed E-state index contributed by atoms with van der Waals surface area (Å²) in [4.78, 5) is 4.08. The average Bonchev–Trinajstić information content (AvgIpc) is 2.33. The van der Waals surface area contributed by atoms with Crippen molar-refractivity contribution in [3.8, 4) is 6.07 Å². The van der Waals surface area contributed by atoms with Crippen LogP contribution in [0.1, 0.15) is 11.1 Å². The molecule has 0 bridgehead atoms. The molecule has 84 valence electrons. The van der Waals surface area contributed by atoms with Crippen molar-refractivity contribution in [1.29, 1.82) is 5.26 Å². The highest BCUT2D eigenvalue weighted by Gasteiger charge is 2.05. The fourth-order valence-electron chi connectivity index (χ4n) is 1.49. The second-order valence-electron chi connectivity index (χ2n) is 3.60. The molecule has 1 heterocycles. The number of pyridine rings is 1. The number of nitrogens with one attached hydrogen (secondary N) is 1. The summed E-state index contributed by atoms with van der Waals surface area (Å²) >= 11 is 0. The first-order valence-corrected chi connectivity index (χ1v) is 5.09. The molecule has 1 N–H and O–H groups in total. The van der Waals surface area contributed by atoms with Crippen molar-refractivity contribution in [3.05, 3.63) is 53.5 Å². The second-order valence-corrected chi connectivity index (χ2v) is 3.60. The topological polar surface area (TPSA) is 48.7 Å². The predicted molar refractivity (Wildman–Crippen MR) is 63.4 cm³/mol. The van der Waals surface area contributed by atoms with E-state index in [2.05, 4.69) is 10.3 Å². The first-order valence-electron chi connectivity index (χ1n) is 5.09. The Morgan fingerprint density at radius 2 is 2.18 bits per heavy atom. The van der Waals surface area contributed by atoms with Gasteiger partial charge in [-0.25, -0.2) is 9.37 Å². The standard InChI is InChI=1S/C13H10FN3/c1-9-7-11(14)4-5-12(9)17-13-10(8-15)3-2-6-16-13/h2-7H,1H3,(H,16,17). The molecule has 0 radical (unpaired) electrons. The number of nitrogens with zero attached hydrogens (tertiary/aromatic N) is 2. The Bertz CT molecular complexity index is 587. The molecule has 0 aliphatic heterocycles. The number of rotatable bonds is 2. The summed E-state index contributed by atoms with van der Waals surface area (Å²) in [5.41, 5.74) is 1.96. The normalized spacial score (nSPS) is 9.71. The van der Waals surface area contributed by atoms with Crippen molar-refractivity contribution in [3.63, 3.8) is 0 Å². The first-order chi connectivity index (χ1) is 8.20. The van der Waals surface area contributed by atoms with Gasteiger partial charge in [-0.15, -0.1) is 0 Å². The second kappa shape index (κ2) is 4.62. The Balaban J connectivity index is 2.35. The van der Waals surface area contributed by atoms with Crippen LogP contribution in [0, 0.1) is 24.1 Å². The first kappa shape index (κ1) is 11.1. The molecule has 1 aromatic carbocycles. The van der Waals surface area contributed by atoms with Gasteiger partial charge in [0, 0.05) is 11.9 Å².